The standard InChI is InChI=1S/C9H12N2O3/c1-5-6(9(12)14-2)3-4-7(10)8(5)11-13/h3-4,7,13H,10H2,1-2H3. The van der Waals surface area contributed by atoms with Crippen LogP contribution in [0, 0.1) is 0 Å². The monoisotopic (exact) mass is 196 g/mol. The van der Waals surface area contributed by atoms with Crippen molar-refractivity contribution >= 4 is 11.7 Å². The third-order valence-corrected chi connectivity index (χ3v) is 2.09. The van der Waals surface area contributed by atoms with Crippen molar-refractivity contribution in [1.82, 2.24) is 0 Å². The van der Waals surface area contributed by atoms with Crippen LogP contribution in [0.1, 0.15) is 6.92 Å². The number of methoxy groups -OCH3 is 1. The fourth-order valence-corrected chi connectivity index (χ4v) is 1.28. The van der Waals surface area contributed by atoms with Crippen molar-refractivity contribution in [1.29, 1.82) is 0 Å². The number of hydrogen-bond donors (Lipinski definition) is 2. The summed E-state index contributed by atoms with van der Waals surface area (Å²) in [6, 6.07) is -0.478. The van der Waals surface area contributed by atoms with E-state index < -0.39 is 12.0 Å². The fraction of sp³-hybridized carbons (Fsp3) is 0.333. The highest BCUT2D eigenvalue weighted by Crippen LogP contribution is 2.17. The van der Waals surface area contributed by atoms with Gasteiger partial charge in [0.2, 0.25) is 0 Å². The second-order valence-electron chi connectivity index (χ2n) is 2.90. The predicted octanol–water partition coefficient (Wildman–Crippen LogP) is 0.203. The minimum absolute atomic E-state index is 0.285. The van der Waals surface area contributed by atoms with E-state index in [1.54, 1.807) is 19.1 Å². The van der Waals surface area contributed by atoms with E-state index in [4.69, 9.17) is 10.9 Å². The van der Waals surface area contributed by atoms with Gasteiger partial charge in [-0.3, -0.25) is 0 Å². The Labute approximate surface area is 81.5 Å². The van der Waals surface area contributed by atoms with Crippen LogP contribution in [-0.2, 0) is 9.53 Å². The van der Waals surface area contributed by atoms with E-state index in [0.29, 0.717) is 11.1 Å². The number of hydrogen-bond acceptors (Lipinski definition) is 5. The van der Waals surface area contributed by atoms with Crippen molar-refractivity contribution in [3.63, 3.8) is 0 Å². The maximum absolute atomic E-state index is 11.2. The molecule has 1 atom stereocenters. The molecule has 14 heavy (non-hydrogen) atoms. The van der Waals surface area contributed by atoms with Crippen molar-refractivity contribution < 1.29 is 14.7 Å². The highest BCUT2D eigenvalue weighted by molar-refractivity contribution is 6.12. The summed E-state index contributed by atoms with van der Waals surface area (Å²) in [6.45, 7) is 1.66. The summed E-state index contributed by atoms with van der Waals surface area (Å²) >= 11 is 0. The first-order valence-corrected chi connectivity index (χ1v) is 4.07. The summed E-state index contributed by atoms with van der Waals surface area (Å²) in [4.78, 5) is 11.2. The molecule has 0 heterocycles. The number of nitrogens with zero attached hydrogens (tertiary/aromatic N) is 1. The molecule has 0 aromatic heterocycles. The van der Waals surface area contributed by atoms with Gasteiger partial charge in [-0.2, -0.15) is 0 Å². The Kier molecular flexibility index (Phi) is 3.03. The molecule has 1 aliphatic rings. The summed E-state index contributed by atoms with van der Waals surface area (Å²) in [6.07, 6.45) is 3.15. The van der Waals surface area contributed by atoms with Gasteiger partial charge in [-0.15, -0.1) is 0 Å². The summed E-state index contributed by atoms with van der Waals surface area (Å²) in [5.74, 6) is -0.466. The van der Waals surface area contributed by atoms with E-state index >= 15 is 0 Å². The van der Waals surface area contributed by atoms with Gasteiger partial charge in [-0.05, 0) is 18.6 Å². The number of carbonyl (C=O) groups excluding carboxylic acids is 1. The van der Waals surface area contributed by atoms with E-state index in [0.717, 1.165) is 0 Å². The van der Waals surface area contributed by atoms with Gasteiger partial charge in [-0.25, -0.2) is 4.79 Å². The third kappa shape index (κ3) is 1.67. The molecule has 0 saturated heterocycles. The maximum atomic E-state index is 11.2. The molecule has 0 aromatic carbocycles. The summed E-state index contributed by atoms with van der Waals surface area (Å²) in [5, 5.41) is 11.7. The van der Waals surface area contributed by atoms with Crippen LogP contribution < -0.4 is 5.73 Å². The van der Waals surface area contributed by atoms with Crippen LogP contribution in [0.5, 0.6) is 0 Å². The second-order valence-corrected chi connectivity index (χ2v) is 2.90. The van der Waals surface area contributed by atoms with E-state index in [-0.39, 0.29) is 5.71 Å². The summed E-state index contributed by atoms with van der Waals surface area (Å²) < 4.78 is 4.56. The molecule has 1 rings (SSSR count). The maximum Gasteiger partial charge on any atom is 0.338 e. The van der Waals surface area contributed by atoms with Gasteiger partial charge in [0.1, 0.15) is 5.71 Å². The largest absolute Gasteiger partial charge is 0.465 e. The number of nitrogens with two attached hydrogens (primary N) is 1. The van der Waals surface area contributed by atoms with Crippen molar-refractivity contribution in [2.45, 2.75) is 13.0 Å². The molecule has 5 heteroatoms. The molecule has 0 amide bonds. The summed E-state index contributed by atoms with van der Waals surface area (Å²) in [5.41, 5.74) is 6.80. The molecule has 1 aliphatic carbocycles. The Morgan fingerprint density at radius 3 is 2.86 bits per heavy atom. The van der Waals surface area contributed by atoms with Crippen LogP contribution >= 0.6 is 0 Å². The molecule has 0 saturated carbocycles. The second kappa shape index (κ2) is 4.06. The fourth-order valence-electron chi connectivity index (χ4n) is 1.28. The van der Waals surface area contributed by atoms with Crippen LogP contribution in [0.2, 0.25) is 0 Å². The molecule has 0 bridgehead atoms. The minimum Gasteiger partial charge on any atom is -0.465 e. The van der Waals surface area contributed by atoms with Crippen molar-refractivity contribution in [2.75, 3.05) is 7.11 Å². The topological polar surface area (TPSA) is 84.9 Å². The number of rotatable bonds is 1. The van der Waals surface area contributed by atoms with E-state index in [2.05, 4.69) is 9.89 Å². The van der Waals surface area contributed by atoms with Gasteiger partial charge in [0.05, 0.1) is 18.7 Å². The van der Waals surface area contributed by atoms with Crippen LogP contribution in [0.15, 0.2) is 28.5 Å². The molecule has 0 spiro atoms. The Morgan fingerprint density at radius 2 is 2.36 bits per heavy atom. The Hall–Kier alpha value is -1.62. The molecule has 76 valence electrons. The average molecular weight is 196 g/mol. The average Bonchev–Trinajstić information content (AvgIpc) is 2.18. The zero-order valence-electron chi connectivity index (χ0n) is 8.02. The van der Waals surface area contributed by atoms with E-state index in [9.17, 15) is 4.79 Å². The van der Waals surface area contributed by atoms with Crippen molar-refractivity contribution in [3.05, 3.63) is 23.3 Å². The number of ether oxygens (including phenoxy) is 1. The molecule has 3 N–H and O–H groups in total. The molecule has 0 aromatic rings. The van der Waals surface area contributed by atoms with Gasteiger partial charge < -0.3 is 15.7 Å². The lowest BCUT2D eigenvalue weighted by Crippen LogP contribution is -2.33. The third-order valence-electron chi connectivity index (χ3n) is 2.09. The molecular weight excluding hydrogens is 184 g/mol. The first-order chi connectivity index (χ1) is 6.61. The SMILES string of the molecule is COC(=O)C1=C(C)C(=NO)C(N)C=C1. The molecule has 0 fully saturated rings. The minimum atomic E-state index is -0.478. The molecule has 0 aliphatic heterocycles. The first-order valence-electron chi connectivity index (χ1n) is 4.07. The zero-order chi connectivity index (χ0) is 10.7. The van der Waals surface area contributed by atoms with Crippen LogP contribution in [0.25, 0.3) is 0 Å². The highest BCUT2D eigenvalue weighted by Gasteiger charge is 2.22. The van der Waals surface area contributed by atoms with Crippen molar-refractivity contribution in [2.24, 2.45) is 10.9 Å². The predicted molar refractivity (Wildman–Crippen MR) is 51.1 cm³/mol. The van der Waals surface area contributed by atoms with Gasteiger partial charge in [0, 0.05) is 0 Å². The highest BCUT2D eigenvalue weighted by atomic mass is 16.5. The number of esters is 1. The van der Waals surface area contributed by atoms with E-state index in [1.165, 1.54) is 7.11 Å². The first kappa shape index (κ1) is 10.5. The number of oxime groups is 1. The Morgan fingerprint density at radius 1 is 1.71 bits per heavy atom. The lowest BCUT2D eigenvalue weighted by molar-refractivity contribution is -0.135. The van der Waals surface area contributed by atoms with Gasteiger partial charge >= 0.3 is 5.97 Å². The Bertz CT molecular complexity index is 342. The quantitative estimate of drug-likeness (QED) is 0.356. The van der Waals surface area contributed by atoms with Crippen molar-refractivity contribution in [3.8, 4) is 0 Å². The molecule has 0 radical (unpaired) electrons. The van der Waals surface area contributed by atoms with Crippen LogP contribution in [-0.4, -0.2) is 30.0 Å². The van der Waals surface area contributed by atoms with Gasteiger partial charge in [0.15, 0.2) is 0 Å². The number of carbonyl (C=O) groups is 1. The molecule has 5 nitrogen and oxygen atoms in total. The lowest BCUT2D eigenvalue weighted by Gasteiger charge is -2.16. The van der Waals surface area contributed by atoms with Crippen LogP contribution in [0.3, 0.4) is 0 Å². The lowest BCUT2D eigenvalue weighted by atomic mass is 9.94. The smallest absolute Gasteiger partial charge is 0.338 e. The van der Waals surface area contributed by atoms with E-state index in [1.807, 2.05) is 0 Å². The summed E-state index contributed by atoms with van der Waals surface area (Å²) in [7, 11) is 1.29. The normalized spacial score (nSPS) is 24.2. The Balaban J connectivity index is 3.13. The van der Waals surface area contributed by atoms with Gasteiger partial charge in [0.25, 0.3) is 0 Å². The van der Waals surface area contributed by atoms with Crippen LogP contribution in [0.4, 0.5) is 0 Å². The van der Waals surface area contributed by atoms with Gasteiger partial charge in [-0.1, -0.05) is 11.2 Å². The zero-order valence-corrected chi connectivity index (χ0v) is 8.02. The molecule has 1 unspecified atom stereocenters. The molecular formula is C9H12N2O3.